The molecule has 5 rings (SSSR count). The summed E-state index contributed by atoms with van der Waals surface area (Å²) >= 11 is 12.1. The summed E-state index contributed by atoms with van der Waals surface area (Å²) in [6.07, 6.45) is 0. The van der Waals surface area contributed by atoms with Crippen molar-refractivity contribution in [2.24, 2.45) is 0 Å². The maximum Gasteiger partial charge on any atom is 0.231 e. The van der Waals surface area contributed by atoms with Gasteiger partial charge in [-0.15, -0.1) is 0 Å². The standard InChI is InChI=1S/C21H21ClN4O3.C14H14ClN3O2/c1-4-29-16-8-5-14(6-9-16)18-12-20(26-21(25-18)23-13(2)27)24-15-7-10-19(28-3)17(22)11-15;1-3-20-11-6-4-10(5-7-11)12-8-13(15)18-14(17-12)16-9(2)19/h5-12H,4H2,1-3H3,(H2,23,24,25,26,27);4-8H,3H2,1-2H3,(H,16,17,18,19). The van der Waals surface area contributed by atoms with Crippen LogP contribution in [0.4, 0.5) is 23.4 Å². The van der Waals surface area contributed by atoms with Crippen LogP contribution in [0.1, 0.15) is 27.7 Å². The van der Waals surface area contributed by atoms with E-state index in [1.807, 2.05) is 68.4 Å². The van der Waals surface area contributed by atoms with E-state index in [0.29, 0.717) is 41.2 Å². The van der Waals surface area contributed by atoms with Crippen LogP contribution >= 0.6 is 23.2 Å². The molecule has 0 aliphatic heterocycles. The Balaban J connectivity index is 0.000000237. The fourth-order valence-corrected chi connectivity index (χ4v) is 4.76. The smallest absolute Gasteiger partial charge is 0.231 e. The topological polar surface area (TPSA) is 149 Å². The van der Waals surface area contributed by atoms with Crippen LogP contribution in [-0.4, -0.2) is 52.1 Å². The summed E-state index contributed by atoms with van der Waals surface area (Å²) in [5, 5.41) is 9.08. The van der Waals surface area contributed by atoms with E-state index in [1.54, 1.807) is 31.4 Å². The third-order valence-corrected chi connectivity index (χ3v) is 6.83. The van der Waals surface area contributed by atoms with Gasteiger partial charge in [0, 0.05) is 42.8 Å². The molecule has 3 aromatic carbocycles. The van der Waals surface area contributed by atoms with Crippen LogP contribution in [0.5, 0.6) is 17.2 Å². The van der Waals surface area contributed by atoms with E-state index in [4.69, 9.17) is 37.4 Å². The average molecular weight is 705 g/mol. The lowest BCUT2D eigenvalue weighted by Crippen LogP contribution is -2.10. The molecule has 0 aliphatic carbocycles. The summed E-state index contributed by atoms with van der Waals surface area (Å²) in [6, 6.07) is 23.7. The van der Waals surface area contributed by atoms with Gasteiger partial charge in [-0.2, -0.15) is 4.98 Å². The van der Waals surface area contributed by atoms with Gasteiger partial charge in [0.1, 0.15) is 28.2 Å². The molecule has 14 heteroatoms. The maximum atomic E-state index is 11.5. The quantitative estimate of drug-likeness (QED) is 0.115. The second-order valence-corrected chi connectivity index (χ2v) is 10.9. The summed E-state index contributed by atoms with van der Waals surface area (Å²) < 4.78 is 16.0. The van der Waals surface area contributed by atoms with Gasteiger partial charge in [0.25, 0.3) is 0 Å². The molecule has 0 bridgehead atoms. The number of carbonyl (C=O) groups is 2. The Bertz CT molecular complexity index is 1890. The average Bonchev–Trinajstić information content (AvgIpc) is 3.05. The predicted molar refractivity (Wildman–Crippen MR) is 192 cm³/mol. The van der Waals surface area contributed by atoms with Gasteiger partial charge in [-0.05, 0) is 80.6 Å². The summed E-state index contributed by atoms with van der Waals surface area (Å²) in [4.78, 5) is 39.5. The van der Waals surface area contributed by atoms with Gasteiger partial charge < -0.3 is 19.5 Å². The number of rotatable bonds is 11. The SMILES string of the molecule is CCOc1ccc(-c2cc(Cl)nc(NC(C)=O)n2)cc1.CCOc1ccc(-c2cc(Nc3ccc(OC)c(Cl)c3)nc(NC(C)=O)n2)cc1. The van der Waals surface area contributed by atoms with Gasteiger partial charge in [-0.3, -0.25) is 20.2 Å². The van der Waals surface area contributed by atoms with Crippen molar-refractivity contribution in [2.45, 2.75) is 27.7 Å². The molecular formula is C35H35Cl2N7O5. The van der Waals surface area contributed by atoms with E-state index in [9.17, 15) is 9.59 Å². The van der Waals surface area contributed by atoms with Crippen LogP contribution in [-0.2, 0) is 9.59 Å². The second kappa shape index (κ2) is 17.6. The molecule has 49 heavy (non-hydrogen) atoms. The normalized spacial score (nSPS) is 10.3. The molecule has 0 fully saturated rings. The molecule has 254 valence electrons. The molecule has 2 amide bonds. The zero-order valence-corrected chi connectivity index (χ0v) is 29.0. The molecule has 0 unspecified atom stereocenters. The molecule has 2 aromatic heterocycles. The Morgan fingerprint density at radius 2 is 1.18 bits per heavy atom. The highest BCUT2D eigenvalue weighted by Crippen LogP contribution is 2.30. The van der Waals surface area contributed by atoms with Gasteiger partial charge >= 0.3 is 0 Å². The number of amides is 2. The summed E-state index contributed by atoms with van der Waals surface area (Å²) in [5.74, 6) is 2.54. The number of hydrogen-bond acceptors (Lipinski definition) is 10. The first-order chi connectivity index (χ1) is 23.6. The maximum absolute atomic E-state index is 11.5. The number of aromatic nitrogens is 4. The number of carbonyl (C=O) groups excluding carboxylic acids is 2. The molecule has 0 aliphatic rings. The Morgan fingerprint density at radius 3 is 1.65 bits per heavy atom. The first-order valence-corrected chi connectivity index (χ1v) is 15.9. The van der Waals surface area contributed by atoms with Crippen molar-refractivity contribution >= 4 is 58.4 Å². The van der Waals surface area contributed by atoms with Crippen molar-refractivity contribution < 1.29 is 23.8 Å². The van der Waals surface area contributed by atoms with Crippen LogP contribution in [0.25, 0.3) is 22.5 Å². The molecule has 0 saturated carbocycles. The van der Waals surface area contributed by atoms with Crippen molar-refractivity contribution in [3.63, 3.8) is 0 Å². The molecule has 0 radical (unpaired) electrons. The summed E-state index contributed by atoms with van der Waals surface area (Å²) in [6.45, 7) is 7.87. The first-order valence-electron chi connectivity index (χ1n) is 15.1. The number of nitrogens with zero attached hydrogens (tertiary/aromatic N) is 4. The minimum atomic E-state index is -0.257. The van der Waals surface area contributed by atoms with Gasteiger partial charge in [0.2, 0.25) is 23.7 Å². The lowest BCUT2D eigenvalue weighted by Gasteiger charge is -2.12. The summed E-state index contributed by atoms with van der Waals surface area (Å²) in [5.41, 5.74) is 3.73. The van der Waals surface area contributed by atoms with Crippen LogP contribution in [0.2, 0.25) is 10.2 Å². The molecule has 12 nitrogen and oxygen atoms in total. The summed E-state index contributed by atoms with van der Waals surface area (Å²) in [7, 11) is 1.56. The van der Waals surface area contributed by atoms with E-state index in [1.165, 1.54) is 13.8 Å². The van der Waals surface area contributed by atoms with Crippen LogP contribution in [0, 0.1) is 0 Å². The van der Waals surface area contributed by atoms with Crippen LogP contribution < -0.4 is 30.2 Å². The van der Waals surface area contributed by atoms with E-state index >= 15 is 0 Å². The number of methoxy groups -OCH3 is 1. The lowest BCUT2D eigenvalue weighted by molar-refractivity contribution is -0.115. The highest BCUT2D eigenvalue weighted by Gasteiger charge is 2.11. The Hall–Kier alpha value is -5.46. The Kier molecular flexibility index (Phi) is 13.1. The zero-order chi connectivity index (χ0) is 35.3. The third kappa shape index (κ3) is 11.1. The number of nitrogens with one attached hydrogen (secondary N) is 3. The molecule has 5 aromatic rings. The number of ether oxygens (including phenoxy) is 3. The van der Waals surface area contributed by atoms with Gasteiger partial charge in [0.15, 0.2) is 0 Å². The van der Waals surface area contributed by atoms with Gasteiger partial charge in [-0.1, -0.05) is 23.2 Å². The predicted octanol–water partition coefficient (Wildman–Crippen LogP) is 8.06. The minimum Gasteiger partial charge on any atom is -0.495 e. The van der Waals surface area contributed by atoms with Crippen LogP contribution in [0.15, 0.2) is 78.9 Å². The zero-order valence-electron chi connectivity index (χ0n) is 27.5. The second-order valence-electron chi connectivity index (χ2n) is 10.1. The Morgan fingerprint density at radius 1 is 0.673 bits per heavy atom. The van der Waals surface area contributed by atoms with E-state index in [0.717, 1.165) is 28.3 Å². The minimum absolute atomic E-state index is 0.189. The van der Waals surface area contributed by atoms with Gasteiger partial charge in [0.05, 0.1) is 36.7 Å². The van der Waals surface area contributed by atoms with Crippen LogP contribution in [0.3, 0.4) is 0 Å². The van der Waals surface area contributed by atoms with E-state index in [-0.39, 0.29) is 28.9 Å². The molecule has 0 spiro atoms. The van der Waals surface area contributed by atoms with E-state index < -0.39 is 0 Å². The number of anilines is 4. The Labute approximate surface area is 294 Å². The molecular weight excluding hydrogens is 669 g/mol. The first kappa shape index (κ1) is 36.4. The number of halogens is 2. The number of benzene rings is 3. The van der Waals surface area contributed by atoms with Crippen molar-refractivity contribution in [2.75, 3.05) is 36.3 Å². The molecule has 0 saturated heterocycles. The van der Waals surface area contributed by atoms with Crippen molar-refractivity contribution in [3.05, 3.63) is 89.0 Å². The largest absolute Gasteiger partial charge is 0.495 e. The molecule has 2 heterocycles. The monoisotopic (exact) mass is 703 g/mol. The highest BCUT2D eigenvalue weighted by molar-refractivity contribution is 6.32. The van der Waals surface area contributed by atoms with Crippen molar-refractivity contribution in [3.8, 4) is 39.8 Å². The number of hydrogen-bond donors (Lipinski definition) is 3. The van der Waals surface area contributed by atoms with Gasteiger partial charge in [-0.25, -0.2) is 15.0 Å². The van der Waals surface area contributed by atoms with Crippen molar-refractivity contribution in [1.29, 1.82) is 0 Å². The highest BCUT2D eigenvalue weighted by atomic mass is 35.5. The fraction of sp³-hybridized carbons (Fsp3) is 0.200. The molecule has 0 atom stereocenters. The van der Waals surface area contributed by atoms with Crippen molar-refractivity contribution in [1.82, 2.24) is 19.9 Å². The molecule has 3 N–H and O–H groups in total. The third-order valence-electron chi connectivity index (χ3n) is 6.34. The fourth-order valence-electron chi connectivity index (χ4n) is 4.32. The lowest BCUT2D eigenvalue weighted by atomic mass is 10.1. The van der Waals surface area contributed by atoms with E-state index in [2.05, 4.69) is 35.9 Å².